The summed E-state index contributed by atoms with van der Waals surface area (Å²) >= 11 is 0. The SMILES string of the molecule is CC1CCN(c2ncccc2C(=O)NS(=O)(=O)c2cccc(OCc3cc(F)cc(F)c3)n2)C1(C)C. The van der Waals surface area contributed by atoms with Gasteiger partial charge in [-0.2, -0.15) is 13.4 Å². The van der Waals surface area contributed by atoms with Crippen LogP contribution in [0, 0.1) is 17.6 Å². The summed E-state index contributed by atoms with van der Waals surface area (Å²) in [5.41, 5.74) is 0.0722. The molecule has 8 nitrogen and oxygen atoms in total. The van der Waals surface area contributed by atoms with Crippen LogP contribution < -0.4 is 14.4 Å². The Hall–Kier alpha value is -3.60. The van der Waals surface area contributed by atoms with Crippen LogP contribution in [0.5, 0.6) is 5.88 Å². The zero-order valence-electron chi connectivity index (χ0n) is 20.0. The van der Waals surface area contributed by atoms with E-state index >= 15 is 0 Å². The van der Waals surface area contributed by atoms with E-state index in [1.165, 1.54) is 24.3 Å². The molecule has 1 fully saturated rings. The molecule has 1 amide bonds. The molecule has 1 aliphatic heterocycles. The molecule has 1 aromatic carbocycles. The van der Waals surface area contributed by atoms with Gasteiger partial charge in [0.25, 0.3) is 15.9 Å². The van der Waals surface area contributed by atoms with Crippen molar-refractivity contribution in [2.24, 2.45) is 5.92 Å². The third-order valence-corrected chi connectivity index (χ3v) is 7.72. The Kier molecular flexibility index (Phi) is 6.94. The molecule has 36 heavy (non-hydrogen) atoms. The number of benzene rings is 1. The molecule has 1 saturated heterocycles. The fraction of sp³-hybridized carbons (Fsp3) is 0.320. The molecule has 1 aliphatic rings. The van der Waals surface area contributed by atoms with Crippen LogP contribution in [-0.4, -0.2) is 36.4 Å². The first-order valence-electron chi connectivity index (χ1n) is 11.3. The number of hydrogen-bond acceptors (Lipinski definition) is 7. The number of nitrogens with zero attached hydrogens (tertiary/aromatic N) is 3. The lowest BCUT2D eigenvalue weighted by Crippen LogP contribution is -2.43. The van der Waals surface area contributed by atoms with Crippen molar-refractivity contribution in [2.45, 2.75) is 44.4 Å². The number of pyridine rings is 2. The largest absolute Gasteiger partial charge is 0.473 e. The Morgan fingerprint density at radius 1 is 1.17 bits per heavy atom. The minimum absolute atomic E-state index is 0.0927. The van der Waals surface area contributed by atoms with Crippen LogP contribution in [-0.2, 0) is 16.6 Å². The van der Waals surface area contributed by atoms with Gasteiger partial charge in [-0.3, -0.25) is 4.79 Å². The molecular formula is C25H26F2N4O4S. The summed E-state index contributed by atoms with van der Waals surface area (Å²) in [7, 11) is -4.36. The lowest BCUT2D eigenvalue weighted by Gasteiger charge is -2.36. The van der Waals surface area contributed by atoms with Gasteiger partial charge in [0.05, 0.1) is 5.56 Å². The predicted octanol–water partition coefficient (Wildman–Crippen LogP) is 4.08. The standard InChI is InChI=1S/C25H26F2N4O4S/c1-16-9-11-31(25(16,2)3)23-20(6-5-10-28-23)24(32)30-36(33,34)22-8-4-7-21(29-22)35-15-17-12-18(26)14-19(27)13-17/h4-8,10,12-14,16H,9,11,15H2,1-3H3,(H,30,32). The van der Waals surface area contributed by atoms with Gasteiger partial charge >= 0.3 is 0 Å². The molecule has 3 aromatic rings. The first-order valence-corrected chi connectivity index (χ1v) is 12.8. The van der Waals surface area contributed by atoms with E-state index in [-0.39, 0.29) is 29.2 Å². The number of halogens is 2. The van der Waals surface area contributed by atoms with E-state index in [0.29, 0.717) is 18.3 Å². The van der Waals surface area contributed by atoms with E-state index in [1.807, 2.05) is 4.90 Å². The minimum Gasteiger partial charge on any atom is -0.473 e. The molecule has 0 radical (unpaired) electrons. The van der Waals surface area contributed by atoms with E-state index < -0.39 is 32.6 Å². The smallest absolute Gasteiger partial charge is 0.281 e. The lowest BCUT2D eigenvalue weighted by molar-refractivity contribution is 0.0981. The van der Waals surface area contributed by atoms with E-state index in [0.717, 1.165) is 24.6 Å². The molecule has 0 saturated carbocycles. The summed E-state index contributed by atoms with van der Waals surface area (Å²) < 4.78 is 60.2. The Labute approximate surface area is 208 Å². The van der Waals surface area contributed by atoms with Gasteiger partial charge in [0.2, 0.25) is 5.88 Å². The van der Waals surface area contributed by atoms with Crippen molar-refractivity contribution < 1.29 is 26.7 Å². The Morgan fingerprint density at radius 3 is 2.56 bits per heavy atom. The van der Waals surface area contributed by atoms with Gasteiger partial charge in [-0.05, 0) is 62.1 Å². The van der Waals surface area contributed by atoms with E-state index in [1.54, 1.807) is 12.3 Å². The van der Waals surface area contributed by atoms with Gasteiger partial charge in [-0.15, -0.1) is 0 Å². The number of carbonyl (C=O) groups excluding carboxylic acids is 1. The van der Waals surface area contributed by atoms with Gasteiger partial charge in [0, 0.05) is 30.4 Å². The molecular weight excluding hydrogens is 490 g/mol. The Morgan fingerprint density at radius 2 is 1.89 bits per heavy atom. The molecule has 2 aromatic heterocycles. The van der Waals surface area contributed by atoms with E-state index in [2.05, 4.69) is 35.5 Å². The van der Waals surface area contributed by atoms with Crippen molar-refractivity contribution in [1.82, 2.24) is 14.7 Å². The van der Waals surface area contributed by atoms with Crippen LogP contribution in [0.3, 0.4) is 0 Å². The highest BCUT2D eigenvalue weighted by Crippen LogP contribution is 2.38. The molecule has 4 rings (SSSR count). The van der Waals surface area contributed by atoms with E-state index in [9.17, 15) is 22.0 Å². The lowest BCUT2D eigenvalue weighted by atomic mass is 9.90. The summed E-state index contributed by atoms with van der Waals surface area (Å²) in [5, 5.41) is -0.445. The van der Waals surface area contributed by atoms with Crippen LogP contribution >= 0.6 is 0 Å². The average molecular weight is 517 g/mol. The van der Waals surface area contributed by atoms with Gasteiger partial charge in [0.15, 0.2) is 5.03 Å². The number of rotatable bonds is 7. The number of sulfonamides is 1. The number of amides is 1. The monoisotopic (exact) mass is 516 g/mol. The number of hydrogen-bond donors (Lipinski definition) is 1. The topological polar surface area (TPSA) is 101 Å². The summed E-state index contributed by atoms with van der Waals surface area (Å²) in [6.45, 7) is 6.70. The second kappa shape index (κ2) is 9.81. The van der Waals surface area contributed by atoms with Crippen molar-refractivity contribution in [2.75, 3.05) is 11.4 Å². The molecule has 190 valence electrons. The summed E-state index contributed by atoms with van der Waals surface area (Å²) in [4.78, 5) is 23.4. The third kappa shape index (κ3) is 5.30. The normalized spacial score (nSPS) is 17.1. The number of nitrogens with one attached hydrogen (secondary N) is 1. The molecule has 0 bridgehead atoms. The number of carbonyl (C=O) groups is 1. The number of anilines is 1. The fourth-order valence-electron chi connectivity index (χ4n) is 4.11. The van der Waals surface area contributed by atoms with Crippen LogP contribution in [0.2, 0.25) is 0 Å². The maximum absolute atomic E-state index is 13.4. The van der Waals surface area contributed by atoms with Gasteiger partial charge in [0.1, 0.15) is 24.1 Å². The van der Waals surface area contributed by atoms with Gasteiger partial charge in [-0.1, -0.05) is 13.0 Å². The van der Waals surface area contributed by atoms with Crippen LogP contribution in [0.25, 0.3) is 0 Å². The van der Waals surface area contributed by atoms with Crippen molar-refractivity contribution in [3.8, 4) is 5.88 Å². The van der Waals surface area contributed by atoms with Crippen molar-refractivity contribution >= 4 is 21.7 Å². The Balaban J connectivity index is 1.52. The second-order valence-corrected chi connectivity index (χ2v) is 10.8. The quantitative estimate of drug-likeness (QED) is 0.505. The first-order chi connectivity index (χ1) is 17.0. The summed E-state index contributed by atoms with van der Waals surface area (Å²) in [5.74, 6) is -1.69. The molecule has 1 atom stereocenters. The van der Waals surface area contributed by atoms with Crippen LogP contribution in [0.1, 0.15) is 43.1 Å². The van der Waals surface area contributed by atoms with Gasteiger partial charge in [-0.25, -0.2) is 18.5 Å². The highest BCUT2D eigenvalue weighted by molar-refractivity contribution is 7.90. The zero-order valence-corrected chi connectivity index (χ0v) is 20.9. The maximum Gasteiger partial charge on any atom is 0.281 e. The molecule has 1 unspecified atom stereocenters. The maximum atomic E-state index is 13.4. The molecule has 0 spiro atoms. The highest BCUT2D eigenvalue weighted by atomic mass is 32.2. The predicted molar refractivity (Wildman–Crippen MR) is 129 cm³/mol. The molecule has 1 N–H and O–H groups in total. The third-order valence-electron chi connectivity index (χ3n) is 6.48. The van der Waals surface area contributed by atoms with Crippen molar-refractivity contribution in [3.05, 3.63) is 77.5 Å². The highest BCUT2D eigenvalue weighted by Gasteiger charge is 2.40. The molecule has 0 aliphatic carbocycles. The average Bonchev–Trinajstić information content (AvgIpc) is 3.09. The van der Waals surface area contributed by atoms with E-state index in [4.69, 9.17) is 4.74 Å². The van der Waals surface area contributed by atoms with Crippen LogP contribution in [0.4, 0.5) is 14.6 Å². The summed E-state index contributed by atoms with van der Waals surface area (Å²) in [6, 6.07) is 10.0. The van der Waals surface area contributed by atoms with Gasteiger partial charge < -0.3 is 9.64 Å². The van der Waals surface area contributed by atoms with Crippen molar-refractivity contribution in [3.63, 3.8) is 0 Å². The molecule has 11 heteroatoms. The summed E-state index contributed by atoms with van der Waals surface area (Å²) in [6.07, 6.45) is 2.48. The zero-order chi connectivity index (χ0) is 26.1. The van der Waals surface area contributed by atoms with Crippen molar-refractivity contribution in [1.29, 1.82) is 0 Å². The molecule has 3 heterocycles. The number of aromatic nitrogens is 2. The first kappa shape index (κ1) is 25.5. The Bertz CT molecular complexity index is 1380. The minimum atomic E-state index is -4.36. The second-order valence-electron chi connectivity index (χ2n) is 9.18. The fourth-order valence-corrected chi connectivity index (χ4v) is 5.03. The van der Waals surface area contributed by atoms with Crippen LogP contribution in [0.15, 0.2) is 59.8 Å². The number of ether oxygens (including phenoxy) is 1.